The predicted octanol–water partition coefficient (Wildman–Crippen LogP) is 0.203. The molecule has 148 valence electrons. The Labute approximate surface area is 158 Å². The van der Waals surface area contributed by atoms with Gasteiger partial charge in [-0.15, -0.1) is 0 Å². The van der Waals surface area contributed by atoms with Gasteiger partial charge in [0.15, 0.2) is 0 Å². The van der Waals surface area contributed by atoms with E-state index in [1.807, 2.05) is 0 Å². The summed E-state index contributed by atoms with van der Waals surface area (Å²) < 4.78 is 19.4. The number of aliphatic carboxylic acids is 1. The maximum Gasteiger partial charge on any atom is 0.317 e. The number of carbonyl (C=O) groups excluding carboxylic acids is 1. The molecular formula is C19H26FN3O4. The Morgan fingerprint density at radius 3 is 2.56 bits per heavy atom. The predicted molar refractivity (Wildman–Crippen MR) is 96.9 cm³/mol. The molecule has 2 aliphatic rings. The third-order valence-corrected chi connectivity index (χ3v) is 5.20. The molecule has 0 spiro atoms. The Balaban J connectivity index is 1.60. The van der Waals surface area contributed by atoms with Gasteiger partial charge in [-0.1, -0.05) is 18.2 Å². The lowest BCUT2D eigenvalue weighted by Crippen LogP contribution is -2.65. The number of halogens is 1. The van der Waals surface area contributed by atoms with Crippen molar-refractivity contribution in [1.82, 2.24) is 15.1 Å². The smallest absolute Gasteiger partial charge is 0.317 e. The molecule has 7 nitrogen and oxygen atoms in total. The van der Waals surface area contributed by atoms with Crippen LogP contribution in [0, 0.1) is 11.2 Å². The van der Waals surface area contributed by atoms with Gasteiger partial charge < -0.3 is 15.2 Å². The minimum Gasteiger partial charge on any atom is -0.480 e. The third-order valence-electron chi connectivity index (χ3n) is 5.20. The Kier molecular flexibility index (Phi) is 6.41. The molecule has 2 N–H and O–H groups in total. The first-order valence-corrected chi connectivity index (χ1v) is 9.24. The average Bonchev–Trinajstić information content (AvgIpc) is 2.62. The van der Waals surface area contributed by atoms with Crippen LogP contribution in [0.5, 0.6) is 0 Å². The Hall–Kier alpha value is -2.03. The van der Waals surface area contributed by atoms with Crippen LogP contribution in [0.2, 0.25) is 0 Å². The standard InChI is InChI=1S/C19H26FN3O4/c20-16-4-2-1-3-15(16)11-19(13-23(14-19)12-17(24)25)18(26)21-5-6-22-7-9-27-10-8-22/h1-4H,5-14H2,(H,21,26)(H,24,25). The normalized spacial score (nSPS) is 20.0. The second-order valence-electron chi connectivity index (χ2n) is 7.30. The Bertz CT molecular complexity index is 673. The van der Waals surface area contributed by atoms with Crippen LogP contribution in [0.4, 0.5) is 4.39 Å². The second kappa shape index (κ2) is 8.77. The summed E-state index contributed by atoms with van der Waals surface area (Å²) in [6, 6.07) is 6.42. The zero-order chi connectivity index (χ0) is 19.3. The van der Waals surface area contributed by atoms with Crippen molar-refractivity contribution in [2.45, 2.75) is 6.42 Å². The molecule has 2 heterocycles. The molecule has 0 unspecified atom stereocenters. The number of carboxylic acid groups (broad SMARTS) is 1. The number of nitrogens with zero attached hydrogens (tertiary/aromatic N) is 2. The van der Waals surface area contributed by atoms with Crippen molar-refractivity contribution in [3.8, 4) is 0 Å². The third kappa shape index (κ3) is 5.03. The number of ether oxygens (including phenoxy) is 1. The molecule has 1 aromatic rings. The number of hydrogen-bond acceptors (Lipinski definition) is 5. The highest BCUT2D eigenvalue weighted by molar-refractivity contribution is 5.85. The van der Waals surface area contributed by atoms with Crippen molar-refractivity contribution in [3.05, 3.63) is 35.6 Å². The number of rotatable bonds is 8. The first-order chi connectivity index (χ1) is 13.0. The van der Waals surface area contributed by atoms with Gasteiger partial charge in [0.05, 0.1) is 25.2 Å². The molecule has 0 radical (unpaired) electrons. The van der Waals surface area contributed by atoms with Gasteiger partial charge in [0.2, 0.25) is 5.91 Å². The summed E-state index contributed by atoms with van der Waals surface area (Å²) in [7, 11) is 0. The number of carboxylic acids is 1. The highest BCUT2D eigenvalue weighted by Crippen LogP contribution is 2.35. The number of likely N-dealkylation sites (tertiary alicyclic amines) is 1. The minimum absolute atomic E-state index is 0.111. The number of amides is 1. The summed E-state index contributed by atoms with van der Waals surface area (Å²) in [6.07, 6.45) is 0.263. The molecule has 2 saturated heterocycles. The van der Waals surface area contributed by atoms with E-state index in [-0.39, 0.29) is 24.7 Å². The van der Waals surface area contributed by atoms with Gasteiger partial charge in [-0.25, -0.2) is 4.39 Å². The number of nitrogens with one attached hydrogen (secondary N) is 1. The maximum absolute atomic E-state index is 14.1. The Morgan fingerprint density at radius 1 is 1.19 bits per heavy atom. The molecule has 2 fully saturated rings. The van der Waals surface area contributed by atoms with Crippen molar-refractivity contribution in [1.29, 1.82) is 0 Å². The summed E-state index contributed by atoms with van der Waals surface area (Å²) in [4.78, 5) is 27.7. The zero-order valence-electron chi connectivity index (χ0n) is 15.3. The molecular weight excluding hydrogens is 353 g/mol. The quantitative estimate of drug-likeness (QED) is 0.672. The van der Waals surface area contributed by atoms with Crippen molar-refractivity contribution in [2.75, 3.05) is 59.0 Å². The van der Waals surface area contributed by atoms with Crippen molar-refractivity contribution >= 4 is 11.9 Å². The maximum atomic E-state index is 14.1. The fourth-order valence-corrected chi connectivity index (χ4v) is 3.79. The van der Waals surface area contributed by atoms with Crippen LogP contribution in [-0.4, -0.2) is 85.8 Å². The van der Waals surface area contributed by atoms with Crippen LogP contribution in [0.3, 0.4) is 0 Å². The lowest BCUT2D eigenvalue weighted by molar-refractivity contribution is -0.150. The summed E-state index contributed by atoms with van der Waals surface area (Å²) in [6.45, 7) is 4.88. The lowest BCUT2D eigenvalue weighted by Gasteiger charge is -2.48. The van der Waals surface area contributed by atoms with Gasteiger partial charge in [-0.3, -0.25) is 19.4 Å². The van der Waals surface area contributed by atoms with Gasteiger partial charge >= 0.3 is 5.97 Å². The molecule has 0 atom stereocenters. The molecule has 0 bridgehead atoms. The number of morpholine rings is 1. The molecule has 0 saturated carbocycles. The summed E-state index contributed by atoms with van der Waals surface area (Å²) in [5.41, 5.74) is -0.307. The van der Waals surface area contributed by atoms with E-state index in [4.69, 9.17) is 9.84 Å². The van der Waals surface area contributed by atoms with Gasteiger partial charge in [-0.2, -0.15) is 0 Å². The van der Waals surface area contributed by atoms with Gasteiger partial charge in [0.25, 0.3) is 0 Å². The van der Waals surface area contributed by atoms with Crippen LogP contribution in [0.15, 0.2) is 24.3 Å². The van der Waals surface area contributed by atoms with E-state index in [2.05, 4.69) is 10.2 Å². The number of benzene rings is 1. The highest BCUT2D eigenvalue weighted by Gasteiger charge is 2.49. The van der Waals surface area contributed by atoms with E-state index in [0.717, 1.165) is 19.6 Å². The Morgan fingerprint density at radius 2 is 1.89 bits per heavy atom. The number of carbonyl (C=O) groups is 2. The SMILES string of the molecule is O=C(O)CN1CC(Cc2ccccc2F)(C(=O)NCCN2CCOCC2)C1. The fourth-order valence-electron chi connectivity index (χ4n) is 3.79. The first-order valence-electron chi connectivity index (χ1n) is 9.24. The summed E-state index contributed by atoms with van der Waals surface area (Å²) in [5, 5.41) is 11.9. The average molecular weight is 379 g/mol. The van der Waals surface area contributed by atoms with E-state index in [1.165, 1.54) is 6.07 Å². The highest BCUT2D eigenvalue weighted by atomic mass is 19.1. The molecule has 1 amide bonds. The molecule has 3 rings (SSSR count). The molecule has 2 aliphatic heterocycles. The molecule has 8 heteroatoms. The number of hydrogen-bond donors (Lipinski definition) is 2. The monoisotopic (exact) mass is 379 g/mol. The van der Waals surface area contributed by atoms with Crippen LogP contribution in [-0.2, 0) is 20.7 Å². The van der Waals surface area contributed by atoms with Crippen LogP contribution >= 0.6 is 0 Å². The molecule has 0 aliphatic carbocycles. The van der Waals surface area contributed by atoms with Crippen LogP contribution < -0.4 is 5.32 Å². The largest absolute Gasteiger partial charge is 0.480 e. The lowest BCUT2D eigenvalue weighted by atomic mass is 9.73. The molecule has 0 aromatic heterocycles. The van der Waals surface area contributed by atoms with E-state index in [1.54, 1.807) is 23.1 Å². The van der Waals surface area contributed by atoms with Gasteiger partial charge in [0.1, 0.15) is 5.82 Å². The van der Waals surface area contributed by atoms with Crippen molar-refractivity contribution in [3.63, 3.8) is 0 Å². The summed E-state index contributed by atoms with van der Waals surface area (Å²) >= 11 is 0. The summed E-state index contributed by atoms with van der Waals surface area (Å²) in [5.74, 6) is -1.41. The van der Waals surface area contributed by atoms with Crippen molar-refractivity contribution < 1.29 is 23.8 Å². The second-order valence-corrected chi connectivity index (χ2v) is 7.30. The van der Waals surface area contributed by atoms with Crippen molar-refractivity contribution in [2.24, 2.45) is 5.41 Å². The van der Waals surface area contributed by atoms with Gasteiger partial charge in [0, 0.05) is 39.3 Å². The van der Waals surface area contributed by atoms with Crippen LogP contribution in [0.25, 0.3) is 0 Å². The minimum atomic E-state index is -0.929. The first kappa shape index (κ1) is 19.7. The van der Waals surface area contributed by atoms with E-state index in [9.17, 15) is 14.0 Å². The van der Waals surface area contributed by atoms with E-state index in [0.29, 0.717) is 38.4 Å². The topological polar surface area (TPSA) is 82.1 Å². The van der Waals surface area contributed by atoms with E-state index < -0.39 is 11.4 Å². The molecule has 1 aromatic carbocycles. The van der Waals surface area contributed by atoms with Gasteiger partial charge in [-0.05, 0) is 18.1 Å². The zero-order valence-corrected chi connectivity index (χ0v) is 15.3. The van der Waals surface area contributed by atoms with E-state index >= 15 is 0 Å². The fraction of sp³-hybridized carbons (Fsp3) is 0.579. The van der Waals surface area contributed by atoms with Crippen LogP contribution in [0.1, 0.15) is 5.56 Å². The molecule has 27 heavy (non-hydrogen) atoms.